The number of amides is 1. The molecule has 10 heteroatoms. The fraction of sp³-hybridized carbons (Fsp3) is 0.367. The lowest BCUT2D eigenvalue weighted by Gasteiger charge is -2.32. The second-order valence-electron chi connectivity index (χ2n) is 10.4. The number of para-hydroxylation sites is 1. The average Bonchev–Trinajstić information content (AvgIpc) is 3.59. The second-order valence-corrected chi connectivity index (χ2v) is 10.4. The molecule has 5 rings (SSSR count). The van der Waals surface area contributed by atoms with Gasteiger partial charge in [-0.1, -0.05) is 24.3 Å². The number of nitrogens with zero attached hydrogens (tertiary/aromatic N) is 2. The highest BCUT2D eigenvalue weighted by molar-refractivity contribution is 5.99. The van der Waals surface area contributed by atoms with Gasteiger partial charge < -0.3 is 26.1 Å². The second kappa shape index (κ2) is 11.9. The van der Waals surface area contributed by atoms with E-state index < -0.39 is 17.4 Å². The first-order chi connectivity index (χ1) is 19.4. The van der Waals surface area contributed by atoms with Crippen molar-refractivity contribution in [3.05, 3.63) is 83.5 Å². The molecule has 1 amide bonds. The van der Waals surface area contributed by atoms with Crippen LogP contribution in [0.4, 0.5) is 4.39 Å². The Bertz CT molecular complexity index is 1370. The Morgan fingerprint density at radius 3 is 2.67 bits per heavy atom. The Hall–Kier alpha value is -4.20. The number of hydrazine groups is 1. The number of rotatable bonds is 8. The number of piperidine rings is 1. The number of likely N-dealkylation sites (tertiary alicyclic amines) is 1. The molecule has 2 aromatic carbocycles. The van der Waals surface area contributed by atoms with Crippen molar-refractivity contribution in [2.75, 3.05) is 19.6 Å². The maximum absolute atomic E-state index is 15.6. The molecule has 5 N–H and O–H groups in total. The molecule has 0 aromatic heterocycles. The van der Waals surface area contributed by atoms with Gasteiger partial charge in [-0.05, 0) is 62.4 Å². The number of hydrogen-bond acceptors (Lipinski definition) is 8. The monoisotopic (exact) mass is 544 g/mol. The molecular formula is C30H33FN6O3. The van der Waals surface area contributed by atoms with Crippen LogP contribution in [0.5, 0.6) is 11.5 Å². The summed E-state index contributed by atoms with van der Waals surface area (Å²) >= 11 is 0. The highest BCUT2D eigenvalue weighted by atomic mass is 19.1. The van der Waals surface area contributed by atoms with E-state index in [2.05, 4.69) is 22.2 Å². The Labute approximate surface area is 232 Å². The van der Waals surface area contributed by atoms with Crippen molar-refractivity contribution in [1.29, 1.82) is 5.26 Å². The highest BCUT2D eigenvalue weighted by Gasteiger charge is 2.48. The molecule has 2 saturated heterocycles. The number of nitrogens with two attached hydrogens (primary N) is 1. The van der Waals surface area contributed by atoms with Crippen LogP contribution in [0.25, 0.3) is 0 Å². The van der Waals surface area contributed by atoms with Crippen molar-refractivity contribution in [3.63, 3.8) is 0 Å². The van der Waals surface area contributed by atoms with Crippen LogP contribution in [-0.4, -0.2) is 42.3 Å². The van der Waals surface area contributed by atoms with Crippen LogP contribution in [0.2, 0.25) is 0 Å². The molecular weight excluding hydrogens is 511 g/mol. The molecule has 2 fully saturated rings. The van der Waals surface area contributed by atoms with Gasteiger partial charge in [-0.2, -0.15) is 5.26 Å². The van der Waals surface area contributed by atoms with Crippen LogP contribution in [0.15, 0.2) is 72.1 Å². The van der Waals surface area contributed by atoms with Gasteiger partial charge in [-0.15, -0.1) is 0 Å². The summed E-state index contributed by atoms with van der Waals surface area (Å²) in [4.78, 5) is 28.9. The number of ether oxygens (including phenoxy) is 1. The smallest absolute Gasteiger partial charge is 0.264 e. The summed E-state index contributed by atoms with van der Waals surface area (Å²) in [7, 11) is 0. The molecule has 9 nitrogen and oxygen atoms in total. The van der Waals surface area contributed by atoms with Crippen LogP contribution >= 0.6 is 0 Å². The van der Waals surface area contributed by atoms with E-state index in [-0.39, 0.29) is 46.6 Å². The zero-order valence-corrected chi connectivity index (χ0v) is 22.2. The van der Waals surface area contributed by atoms with Crippen LogP contribution < -0.4 is 26.6 Å². The van der Waals surface area contributed by atoms with Crippen LogP contribution in [-0.2, 0) is 15.1 Å². The third-order valence-corrected chi connectivity index (χ3v) is 7.81. The first-order valence-electron chi connectivity index (χ1n) is 13.6. The van der Waals surface area contributed by atoms with E-state index in [1.165, 1.54) is 18.3 Å². The molecule has 0 spiro atoms. The van der Waals surface area contributed by atoms with Crippen molar-refractivity contribution in [2.24, 2.45) is 11.7 Å². The normalized spacial score (nSPS) is 24.6. The van der Waals surface area contributed by atoms with Gasteiger partial charge in [-0.25, -0.2) is 9.82 Å². The Balaban J connectivity index is 1.36. The number of hydrogen-bond donors (Lipinski definition) is 4. The van der Waals surface area contributed by atoms with E-state index in [0.29, 0.717) is 25.1 Å². The predicted octanol–water partition coefficient (Wildman–Crippen LogP) is 3.12. The fourth-order valence-corrected chi connectivity index (χ4v) is 5.74. The molecule has 0 aliphatic carbocycles. The summed E-state index contributed by atoms with van der Waals surface area (Å²) < 4.78 is 21.3. The number of benzene rings is 2. The van der Waals surface area contributed by atoms with Gasteiger partial charge >= 0.3 is 0 Å². The summed E-state index contributed by atoms with van der Waals surface area (Å²) in [6.45, 7) is 2.11. The number of carbonyl (C=O) groups excluding carboxylic acids is 2. The van der Waals surface area contributed by atoms with Crippen LogP contribution in [0, 0.1) is 23.1 Å². The van der Waals surface area contributed by atoms with Crippen molar-refractivity contribution in [1.82, 2.24) is 21.1 Å². The van der Waals surface area contributed by atoms with E-state index in [9.17, 15) is 14.9 Å². The summed E-state index contributed by atoms with van der Waals surface area (Å²) in [6.07, 6.45) is 6.34. The van der Waals surface area contributed by atoms with Crippen LogP contribution in [0.3, 0.4) is 0 Å². The average molecular weight is 545 g/mol. The molecule has 3 heterocycles. The summed E-state index contributed by atoms with van der Waals surface area (Å²) in [5.74, 6) is -0.465. The molecule has 2 aromatic rings. The molecule has 3 atom stereocenters. The van der Waals surface area contributed by atoms with E-state index in [1.54, 1.807) is 29.2 Å². The lowest BCUT2D eigenvalue weighted by atomic mass is 9.81. The topological polar surface area (TPSA) is 133 Å². The molecule has 3 aliphatic rings. The number of nitrogens with one attached hydrogen (secondary N) is 3. The maximum atomic E-state index is 15.6. The standard InChI is InChI=1S/C30H33FN6O3/c31-26-16-24(40-23-8-2-1-3-9-23)10-11-25(26)30(27(33)19-35-36-30)28(38)15-22-7-5-13-37(22)29(39)21(17-32)14-20-6-4-12-34-18-20/h1-3,8-11,14,16,19-20,22,34-36H,4-7,12-13,15,18,33H2/t20?,22-,30?/m0/s1. The van der Waals surface area contributed by atoms with E-state index in [4.69, 9.17) is 10.5 Å². The fourth-order valence-electron chi connectivity index (χ4n) is 5.74. The zero-order valence-electron chi connectivity index (χ0n) is 22.2. The van der Waals surface area contributed by atoms with Gasteiger partial charge in [0.25, 0.3) is 5.91 Å². The van der Waals surface area contributed by atoms with Gasteiger partial charge in [0, 0.05) is 43.4 Å². The van der Waals surface area contributed by atoms with Crippen molar-refractivity contribution in [2.45, 2.75) is 43.7 Å². The SMILES string of the molecule is N#CC(=CC1CCCNC1)C(=O)N1CCC[C@H]1CC(=O)C1(c2ccc(Oc3ccccc3)cc2F)NNC=C1N. The lowest BCUT2D eigenvalue weighted by molar-refractivity contribution is -0.130. The first kappa shape index (κ1) is 27.4. The first-order valence-corrected chi connectivity index (χ1v) is 13.6. The third kappa shape index (κ3) is 5.43. The van der Waals surface area contributed by atoms with Crippen molar-refractivity contribution < 1.29 is 18.7 Å². The molecule has 3 aliphatic heterocycles. The summed E-state index contributed by atoms with van der Waals surface area (Å²) in [5.41, 5.74) is 10.5. The zero-order chi connectivity index (χ0) is 28.1. The number of ketones is 1. The molecule has 208 valence electrons. The van der Waals surface area contributed by atoms with Gasteiger partial charge in [0.15, 0.2) is 11.3 Å². The largest absolute Gasteiger partial charge is 0.457 e. The Kier molecular flexibility index (Phi) is 8.14. The number of Topliss-reactive ketones (excluding diaryl/α,β-unsaturated/α-hetero) is 1. The number of nitriles is 1. The molecule has 2 unspecified atom stereocenters. The minimum Gasteiger partial charge on any atom is -0.457 e. The Morgan fingerprint density at radius 1 is 1.18 bits per heavy atom. The molecule has 0 saturated carbocycles. The van der Waals surface area contributed by atoms with E-state index >= 15 is 4.39 Å². The predicted molar refractivity (Wildman–Crippen MR) is 147 cm³/mol. The van der Waals surface area contributed by atoms with Gasteiger partial charge in [0.2, 0.25) is 0 Å². The minimum atomic E-state index is -1.66. The quantitative estimate of drug-likeness (QED) is 0.294. The molecule has 0 bridgehead atoms. The lowest BCUT2D eigenvalue weighted by Crippen LogP contribution is -2.54. The number of halogens is 1. The van der Waals surface area contributed by atoms with Crippen molar-refractivity contribution in [3.8, 4) is 17.6 Å². The third-order valence-electron chi connectivity index (χ3n) is 7.81. The van der Waals surface area contributed by atoms with Crippen molar-refractivity contribution >= 4 is 11.7 Å². The highest BCUT2D eigenvalue weighted by Crippen LogP contribution is 2.37. The van der Waals surface area contributed by atoms with E-state index in [1.807, 2.05) is 18.2 Å². The van der Waals surface area contributed by atoms with Gasteiger partial charge in [0.1, 0.15) is 29.0 Å². The minimum absolute atomic E-state index is 0.0509. The van der Waals surface area contributed by atoms with Crippen LogP contribution in [0.1, 0.15) is 37.7 Å². The maximum Gasteiger partial charge on any atom is 0.264 e. The summed E-state index contributed by atoms with van der Waals surface area (Å²) in [5, 5.41) is 13.0. The Morgan fingerprint density at radius 2 is 2.00 bits per heavy atom. The summed E-state index contributed by atoms with van der Waals surface area (Å²) in [6, 6.07) is 14.9. The van der Waals surface area contributed by atoms with E-state index in [0.717, 1.165) is 25.9 Å². The van der Waals surface area contributed by atoms with Gasteiger partial charge in [-0.3, -0.25) is 9.59 Å². The molecule has 40 heavy (non-hydrogen) atoms. The number of carbonyl (C=O) groups is 2. The molecule has 0 radical (unpaired) electrons. The van der Waals surface area contributed by atoms with Gasteiger partial charge in [0.05, 0.1) is 5.70 Å².